The van der Waals surface area contributed by atoms with Gasteiger partial charge in [0.25, 0.3) is 0 Å². The number of sulfonamides is 1. The summed E-state index contributed by atoms with van der Waals surface area (Å²) < 4.78 is 37.3. The molecule has 1 rings (SSSR count). The maximum Gasteiger partial charge on any atom is 0.410 e. The zero-order valence-electron chi connectivity index (χ0n) is 14.6. The summed E-state index contributed by atoms with van der Waals surface area (Å²) in [7, 11) is -3.46. The Morgan fingerprint density at radius 2 is 2.04 bits per heavy atom. The highest BCUT2D eigenvalue weighted by Crippen LogP contribution is 2.13. The van der Waals surface area contributed by atoms with Crippen LogP contribution in [0.15, 0.2) is 11.6 Å². The van der Waals surface area contributed by atoms with Gasteiger partial charge in [-0.25, -0.2) is 17.9 Å². The van der Waals surface area contributed by atoms with Gasteiger partial charge in [0.1, 0.15) is 5.60 Å². The minimum atomic E-state index is -3.46. The fourth-order valence-electron chi connectivity index (χ4n) is 1.99. The van der Waals surface area contributed by atoms with E-state index >= 15 is 0 Å². The van der Waals surface area contributed by atoms with Crippen LogP contribution in [0, 0.1) is 0 Å². The number of hydrogen-bond acceptors (Lipinski definition) is 5. The van der Waals surface area contributed by atoms with Crippen LogP contribution in [-0.4, -0.2) is 63.1 Å². The summed E-state index contributed by atoms with van der Waals surface area (Å²) in [5.74, 6) is -0.178. The van der Waals surface area contributed by atoms with Crippen LogP contribution in [0.25, 0.3) is 0 Å². The van der Waals surface area contributed by atoms with Gasteiger partial charge in [-0.2, -0.15) is 0 Å². The van der Waals surface area contributed by atoms with Gasteiger partial charge in [-0.05, 0) is 34.6 Å². The molecule has 1 N–H and O–H groups in total. The lowest BCUT2D eigenvalue weighted by atomic mass is 10.2. The molecular formula is C15H28N2O5S. The Balaban J connectivity index is 2.55. The molecule has 134 valence electrons. The fraction of sp³-hybridized carbons (Fsp3) is 0.800. The van der Waals surface area contributed by atoms with E-state index in [1.807, 2.05) is 13.8 Å². The van der Waals surface area contributed by atoms with Gasteiger partial charge in [0, 0.05) is 13.1 Å². The van der Waals surface area contributed by atoms with E-state index in [9.17, 15) is 13.2 Å². The van der Waals surface area contributed by atoms with E-state index in [2.05, 4.69) is 4.72 Å². The number of morpholine rings is 1. The summed E-state index contributed by atoms with van der Waals surface area (Å²) in [6.45, 7) is 10.3. The van der Waals surface area contributed by atoms with Crippen molar-refractivity contribution in [2.75, 3.05) is 32.0 Å². The van der Waals surface area contributed by atoms with Crippen LogP contribution < -0.4 is 4.72 Å². The second-order valence-corrected chi connectivity index (χ2v) is 8.68. The van der Waals surface area contributed by atoms with E-state index in [4.69, 9.17) is 9.47 Å². The quantitative estimate of drug-likeness (QED) is 0.761. The first kappa shape index (κ1) is 19.9. The first-order valence-electron chi connectivity index (χ1n) is 7.69. The molecule has 1 atom stereocenters. The minimum Gasteiger partial charge on any atom is -0.444 e. The summed E-state index contributed by atoms with van der Waals surface area (Å²) in [5, 5.41) is 0. The van der Waals surface area contributed by atoms with Crippen molar-refractivity contribution >= 4 is 16.1 Å². The van der Waals surface area contributed by atoms with Crippen LogP contribution in [-0.2, 0) is 19.5 Å². The molecule has 1 amide bonds. The van der Waals surface area contributed by atoms with Gasteiger partial charge in [-0.1, -0.05) is 11.6 Å². The molecule has 0 aliphatic carbocycles. The number of allylic oxidation sites excluding steroid dienone is 1. The summed E-state index contributed by atoms with van der Waals surface area (Å²) in [4.78, 5) is 13.5. The van der Waals surface area contributed by atoms with Crippen LogP contribution in [0.5, 0.6) is 0 Å². The largest absolute Gasteiger partial charge is 0.444 e. The van der Waals surface area contributed by atoms with E-state index in [-0.39, 0.29) is 18.8 Å². The normalized spacial score (nSPS) is 19.3. The number of ether oxygens (including phenoxy) is 2. The number of carbonyl (C=O) groups excluding carboxylic acids is 1. The lowest BCUT2D eigenvalue weighted by Crippen LogP contribution is -2.50. The highest BCUT2D eigenvalue weighted by molar-refractivity contribution is 7.89. The van der Waals surface area contributed by atoms with Gasteiger partial charge in [-0.3, -0.25) is 0 Å². The van der Waals surface area contributed by atoms with Gasteiger partial charge in [0.15, 0.2) is 0 Å². The smallest absolute Gasteiger partial charge is 0.410 e. The highest BCUT2D eigenvalue weighted by Gasteiger charge is 2.30. The summed E-state index contributed by atoms with van der Waals surface area (Å²) in [5.41, 5.74) is 0.459. The number of hydrogen-bond donors (Lipinski definition) is 1. The molecule has 0 bridgehead atoms. The third kappa shape index (κ3) is 8.34. The molecule has 0 radical (unpaired) electrons. The van der Waals surface area contributed by atoms with Crippen molar-refractivity contribution < 1.29 is 22.7 Å². The van der Waals surface area contributed by atoms with Crippen LogP contribution in [0.2, 0.25) is 0 Å². The standard InChI is InChI=1S/C15H28N2O5S/c1-12(2)6-7-16-23(19,20)11-13-10-17(8-9-21-13)14(18)22-15(3,4)5/h6,13,16H,7-11H2,1-5H3. The number of rotatable bonds is 5. The van der Waals surface area contributed by atoms with Crippen LogP contribution in [0.3, 0.4) is 0 Å². The average Bonchev–Trinajstić information content (AvgIpc) is 2.35. The molecule has 0 aromatic heterocycles. The van der Waals surface area contributed by atoms with Gasteiger partial charge >= 0.3 is 6.09 Å². The Labute approximate surface area is 139 Å². The number of nitrogens with zero attached hydrogens (tertiary/aromatic N) is 1. The van der Waals surface area contributed by atoms with Crippen molar-refractivity contribution in [1.29, 1.82) is 0 Å². The molecule has 1 fully saturated rings. The molecule has 0 aromatic rings. The lowest BCUT2D eigenvalue weighted by molar-refractivity contribution is -0.0343. The van der Waals surface area contributed by atoms with Gasteiger partial charge < -0.3 is 14.4 Å². The van der Waals surface area contributed by atoms with E-state index in [0.29, 0.717) is 13.2 Å². The molecule has 1 heterocycles. The number of amides is 1. The van der Waals surface area contributed by atoms with E-state index in [1.165, 1.54) is 4.90 Å². The first-order chi connectivity index (χ1) is 10.5. The van der Waals surface area contributed by atoms with Crippen molar-refractivity contribution in [1.82, 2.24) is 9.62 Å². The second kappa shape index (κ2) is 8.12. The van der Waals surface area contributed by atoms with Crippen molar-refractivity contribution in [2.24, 2.45) is 0 Å². The Kier molecular flexibility index (Phi) is 7.03. The molecule has 7 nitrogen and oxygen atoms in total. The summed E-state index contributed by atoms with van der Waals surface area (Å²) >= 11 is 0. The van der Waals surface area contributed by atoms with Crippen molar-refractivity contribution in [3.63, 3.8) is 0 Å². The van der Waals surface area contributed by atoms with Gasteiger partial charge in [0.05, 0.1) is 25.0 Å². The van der Waals surface area contributed by atoms with Gasteiger partial charge in [-0.15, -0.1) is 0 Å². The van der Waals surface area contributed by atoms with Crippen LogP contribution >= 0.6 is 0 Å². The lowest BCUT2D eigenvalue weighted by Gasteiger charge is -2.34. The highest BCUT2D eigenvalue weighted by atomic mass is 32.2. The molecule has 8 heteroatoms. The summed E-state index contributed by atoms with van der Waals surface area (Å²) in [6, 6.07) is 0. The predicted molar refractivity (Wildman–Crippen MR) is 88.8 cm³/mol. The van der Waals surface area contributed by atoms with E-state index in [0.717, 1.165) is 5.57 Å². The Morgan fingerprint density at radius 3 is 2.61 bits per heavy atom. The number of nitrogens with one attached hydrogen (secondary N) is 1. The topological polar surface area (TPSA) is 84.9 Å². The molecular weight excluding hydrogens is 320 g/mol. The molecule has 0 saturated carbocycles. The van der Waals surface area contributed by atoms with Crippen molar-refractivity contribution in [2.45, 2.75) is 46.3 Å². The Hall–Kier alpha value is -1.12. The van der Waals surface area contributed by atoms with Crippen molar-refractivity contribution in [3.05, 3.63) is 11.6 Å². The number of carbonyl (C=O) groups is 1. The summed E-state index contributed by atoms with van der Waals surface area (Å²) in [6.07, 6.45) is 0.799. The molecule has 1 saturated heterocycles. The van der Waals surface area contributed by atoms with Gasteiger partial charge in [0.2, 0.25) is 10.0 Å². The molecule has 1 aliphatic rings. The fourth-order valence-corrected chi connectivity index (χ4v) is 3.14. The molecule has 1 aliphatic heterocycles. The second-order valence-electron chi connectivity index (χ2n) is 6.83. The molecule has 0 aromatic carbocycles. The maximum absolute atomic E-state index is 12.0. The predicted octanol–water partition coefficient (Wildman–Crippen LogP) is 1.51. The Bertz CT molecular complexity index is 533. The van der Waals surface area contributed by atoms with E-state index < -0.39 is 27.8 Å². The molecule has 23 heavy (non-hydrogen) atoms. The SMILES string of the molecule is CC(C)=CCNS(=O)(=O)CC1CN(C(=O)OC(C)(C)C)CCO1. The Morgan fingerprint density at radius 1 is 1.39 bits per heavy atom. The van der Waals surface area contributed by atoms with Crippen LogP contribution in [0.1, 0.15) is 34.6 Å². The molecule has 1 unspecified atom stereocenters. The zero-order chi connectivity index (χ0) is 17.7. The van der Waals surface area contributed by atoms with Crippen molar-refractivity contribution in [3.8, 4) is 0 Å². The first-order valence-corrected chi connectivity index (χ1v) is 9.34. The monoisotopic (exact) mass is 348 g/mol. The average molecular weight is 348 g/mol. The van der Waals surface area contributed by atoms with Crippen LogP contribution in [0.4, 0.5) is 4.79 Å². The maximum atomic E-state index is 12.0. The molecule has 0 spiro atoms. The minimum absolute atomic E-state index is 0.178. The third-order valence-corrected chi connectivity index (χ3v) is 4.43. The zero-order valence-corrected chi connectivity index (χ0v) is 15.4. The van der Waals surface area contributed by atoms with E-state index in [1.54, 1.807) is 26.8 Å². The third-order valence-electron chi connectivity index (χ3n) is 3.01.